The number of nitrogens with one attached hydrogen (secondary N) is 1. The molecule has 1 unspecified atom stereocenters. The number of hydrogen-bond acceptors (Lipinski definition) is 3. The lowest BCUT2D eigenvalue weighted by Gasteiger charge is -2.23. The molecule has 0 bridgehead atoms. The molecule has 0 saturated carbocycles. The first-order valence-corrected chi connectivity index (χ1v) is 6.53. The van der Waals surface area contributed by atoms with Crippen molar-refractivity contribution >= 4 is 0 Å². The summed E-state index contributed by atoms with van der Waals surface area (Å²) in [6.07, 6.45) is 4.11. The largest absolute Gasteiger partial charge is 0.315 e. The van der Waals surface area contributed by atoms with Crippen LogP contribution in [-0.4, -0.2) is 47.4 Å². The molecule has 0 fully saturated rings. The summed E-state index contributed by atoms with van der Waals surface area (Å²) in [5, 5.41) is 7.64. The van der Waals surface area contributed by atoms with Gasteiger partial charge in [0, 0.05) is 51.0 Å². The van der Waals surface area contributed by atoms with E-state index in [1.807, 2.05) is 17.9 Å². The number of hydrogen-bond donors (Lipinski definition) is 1. The molecule has 0 aromatic carbocycles. The Morgan fingerprint density at radius 3 is 2.82 bits per heavy atom. The van der Waals surface area contributed by atoms with Gasteiger partial charge in [-0.05, 0) is 26.5 Å². The monoisotopic (exact) mass is 238 g/mol. The van der Waals surface area contributed by atoms with Gasteiger partial charge in [-0.2, -0.15) is 5.10 Å². The molecule has 0 aliphatic carbocycles. The molecule has 0 saturated heterocycles. The minimum Gasteiger partial charge on any atom is -0.315 e. The molecule has 4 nitrogen and oxygen atoms in total. The van der Waals surface area contributed by atoms with Crippen molar-refractivity contribution in [3.05, 3.63) is 18.0 Å². The zero-order valence-corrected chi connectivity index (χ0v) is 11.6. The van der Waals surface area contributed by atoms with Gasteiger partial charge in [-0.15, -0.1) is 0 Å². The van der Waals surface area contributed by atoms with Crippen LogP contribution in [0.3, 0.4) is 0 Å². The predicted octanol–water partition coefficient (Wildman–Crippen LogP) is 1.28. The molecular formula is C13H26N4. The van der Waals surface area contributed by atoms with Crippen LogP contribution in [0.25, 0.3) is 0 Å². The molecule has 98 valence electrons. The maximum Gasteiger partial charge on any atom is 0.0492 e. The topological polar surface area (TPSA) is 33.1 Å². The highest BCUT2D eigenvalue weighted by Gasteiger charge is 2.05. The maximum atomic E-state index is 4.16. The molecule has 1 atom stereocenters. The number of nitrogens with zero attached hydrogens (tertiary/aromatic N) is 3. The molecule has 4 heteroatoms. The molecule has 1 aromatic heterocycles. The summed E-state index contributed by atoms with van der Waals surface area (Å²) < 4.78 is 1.94. The van der Waals surface area contributed by atoms with Gasteiger partial charge in [0.1, 0.15) is 0 Å². The van der Waals surface area contributed by atoms with E-state index in [0.29, 0.717) is 6.04 Å². The van der Waals surface area contributed by atoms with Gasteiger partial charge in [0.2, 0.25) is 0 Å². The summed E-state index contributed by atoms with van der Waals surface area (Å²) in [6.45, 7) is 7.69. The van der Waals surface area contributed by atoms with Crippen molar-refractivity contribution in [2.45, 2.75) is 32.7 Å². The molecule has 0 amide bonds. The highest BCUT2D eigenvalue weighted by atomic mass is 15.3. The van der Waals surface area contributed by atoms with E-state index in [1.165, 1.54) is 12.1 Å². The summed E-state index contributed by atoms with van der Waals surface area (Å²) in [7, 11) is 4.18. The van der Waals surface area contributed by atoms with Gasteiger partial charge in [-0.25, -0.2) is 0 Å². The summed E-state index contributed by atoms with van der Waals surface area (Å²) in [6, 6.07) is 2.75. The van der Waals surface area contributed by atoms with Crippen LogP contribution >= 0.6 is 0 Å². The second kappa shape index (κ2) is 7.45. The van der Waals surface area contributed by atoms with Gasteiger partial charge < -0.3 is 10.2 Å². The first kappa shape index (κ1) is 14.2. The first-order valence-electron chi connectivity index (χ1n) is 6.53. The van der Waals surface area contributed by atoms with Crippen LogP contribution in [0.1, 0.15) is 26.0 Å². The number of aromatic nitrogens is 2. The maximum absolute atomic E-state index is 4.16. The van der Waals surface area contributed by atoms with E-state index in [0.717, 1.165) is 26.1 Å². The minimum atomic E-state index is 0.675. The third-order valence-electron chi connectivity index (χ3n) is 3.46. The van der Waals surface area contributed by atoms with Crippen molar-refractivity contribution < 1.29 is 0 Å². The zero-order valence-electron chi connectivity index (χ0n) is 11.6. The second-order valence-corrected chi connectivity index (χ2v) is 4.68. The normalized spacial score (nSPS) is 13.2. The number of aryl methyl sites for hydroxylation is 1. The third-order valence-corrected chi connectivity index (χ3v) is 3.46. The Bertz CT molecular complexity index is 308. The molecule has 1 N–H and O–H groups in total. The lowest BCUT2D eigenvalue weighted by atomic mass is 10.2. The van der Waals surface area contributed by atoms with E-state index in [-0.39, 0.29) is 0 Å². The Labute approximate surface area is 105 Å². The van der Waals surface area contributed by atoms with Gasteiger partial charge >= 0.3 is 0 Å². The summed E-state index contributed by atoms with van der Waals surface area (Å²) >= 11 is 0. The smallest absolute Gasteiger partial charge is 0.0492 e. The van der Waals surface area contributed by atoms with Crippen LogP contribution in [-0.2, 0) is 13.5 Å². The van der Waals surface area contributed by atoms with E-state index in [2.05, 4.69) is 42.3 Å². The highest BCUT2D eigenvalue weighted by Crippen LogP contribution is 1.98. The fraction of sp³-hybridized carbons (Fsp3) is 0.769. The summed E-state index contributed by atoms with van der Waals surface area (Å²) in [4.78, 5) is 2.40. The molecule has 0 spiro atoms. The quantitative estimate of drug-likeness (QED) is 0.693. The molecule has 1 rings (SSSR count). The van der Waals surface area contributed by atoms with Crippen LogP contribution in [0.5, 0.6) is 0 Å². The van der Waals surface area contributed by atoms with E-state index in [4.69, 9.17) is 0 Å². The zero-order chi connectivity index (χ0) is 12.7. The van der Waals surface area contributed by atoms with Crippen LogP contribution < -0.4 is 5.32 Å². The van der Waals surface area contributed by atoms with Crippen molar-refractivity contribution in [2.75, 3.05) is 26.7 Å². The van der Waals surface area contributed by atoms with Crippen molar-refractivity contribution in [3.8, 4) is 0 Å². The van der Waals surface area contributed by atoms with Gasteiger partial charge in [0.15, 0.2) is 0 Å². The fourth-order valence-electron chi connectivity index (χ4n) is 1.78. The van der Waals surface area contributed by atoms with Crippen LogP contribution in [0.15, 0.2) is 12.3 Å². The van der Waals surface area contributed by atoms with Gasteiger partial charge in [-0.3, -0.25) is 4.68 Å². The van der Waals surface area contributed by atoms with Gasteiger partial charge in [0.05, 0.1) is 0 Å². The molecule has 17 heavy (non-hydrogen) atoms. The Balaban J connectivity index is 2.07. The van der Waals surface area contributed by atoms with Crippen molar-refractivity contribution in [3.63, 3.8) is 0 Å². The Kier molecular flexibility index (Phi) is 6.22. The first-order chi connectivity index (χ1) is 8.15. The van der Waals surface area contributed by atoms with Gasteiger partial charge in [0.25, 0.3) is 0 Å². The summed E-state index contributed by atoms with van der Waals surface area (Å²) in [5.41, 5.74) is 1.28. The van der Waals surface area contributed by atoms with Crippen molar-refractivity contribution in [2.24, 2.45) is 7.05 Å². The standard InChI is InChI=1S/C13H26N4/c1-5-12(2)16(3)11-10-14-8-6-13-7-9-15-17(13)4/h7,9,12,14H,5-6,8,10-11H2,1-4H3. The van der Waals surface area contributed by atoms with E-state index < -0.39 is 0 Å². The van der Waals surface area contributed by atoms with E-state index >= 15 is 0 Å². The predicted molar refractivity (Wildman–Crippen MR) is 72.2 cm³/mol. The second-order valence-electron chi connectivity index (χ2n) is 4.68. The van der Waals surface area contributed by atoms with Crippen LogP contribution in [0, 0.1) is 0 Å². The summed E-state index contributed by atoms with van der Waals surface area (Å²) in [5.74, 6) is 0. The molecule has 1 aromatic rings. The third kappa shape index (κ3) is 4.88. The van der Waals surface area contributed by atoms with Crippen LogP contribution in [0.4, 0.5) is 0 Å². The highest BCUT2D eigenvalue weighted by molar-refractivity contribution is 5.00. The Hall–Kier alpha value is -0.870. The number of likely N-dealkylation sites (N-methyl/N-ethyl adjacent to an activating group) is 1. The van der Waals surface area contributed by atoms with E-state index in [9.17, 15) is 0 Å². The minimum absolute atomic E-state index is 0.675. The fourth-order valence-corrected chi connectivity index (χ4v) is 1.78. The Morgan fingerprint density at radius 2 is 2.24 bits per heavy atom. The molecule has 0 aliphatic heterocycles. The Morgan fingerprint density at radius 1 is 1.47 bits per heavy atom. The van der Waals surface area contributed by atoms with Crippen molar-refractivity contribution in [1.82, 2.24) is 20.0 Å². The van der Waals surface area contributed by atoms with Crippen LogP contribution in [0.2, 0.25) is 0 Å². The molecular weight excluding hydrogens is 212 g/mol. The average molecular weight is 238 g/mol. The number of rotatable bonds is 8. The SMILES string of the molecule is CCC(C)N(C)CCNCCc1ccnn1C. The van der Waals surface area contributed by atoms with E-state index in [1.54, 1.807) is 0 Å². The van der Waals surface area contributed by atoms with Gasteiger partial charge in [-0.1, -0.05) is 6.92 Å². The lowest BCUT2D eigenvalue weighted by molar-refractivity contribution is 0.252. The molecule has 0 radical (unpaired) electrons. The van der Waals surface area contributed by atoms with Crippen molar-refractivity contribution in [1.29, 1.82) is 0 Å². The lowest BCUT2D eigenvalue weighted by Crippen LogP contribution is -2.35. The molecule has 0 aliphatic rings. The molecule has 1 heterocycles. The average Bonchev–Trinajstić information content (AvgIpc) is 2.73.